The number of hydrogen-bond acceptors (Lipinski definition) is 3. The van der Waals surface area contributed by atoms with Gasteiger partial charge < -0.3 is 4.43 Å². The van der Waals surface area contributed by atoms with Crippen molar-refractivity contribution in [2.24, 2.45) is 4.99 Å². The lowest BCUT2D eigenvalue weighted by molar-refractivity contribution is 0.581. The van der Waals surface area contributed by atoms with Gasteiger partial charge in [0.25, 0.3) is 0 Å². The summed E-state index contributed by atoms with van der Waals surface area (Å²) in [6.07, 6.45) is 3.73. The Labute approximate surface area is 150 Å². The predicted octanol–water partition coefficient (Wildman–Crippen LogP) is 4.49. The van der Waals surface area contributed by atoms with E-state index < -0.39 is 9.04 Å². The summed E-state index contributed by atoms with van der Waals surface area (Å²) < 4.78 is 8.12. The molecule has 1 aromatic heterocycles. The van der Waals surface area contributed by atoms with E-state index in [0.717, 1.165) is 28.7 Å². The Hall–Kier alpha value is -2.66. The zero-order valence-electron chi connectivity index (χ0n) is 15.1. The Morgan fingerprint density at radius 2 is 1.84 bits per heavy atom. The number of rotatable bonds is 4. The summed E-state index contributed by atoms with van der Waals surface area (Å²) in [7, 11) is -1.22. The molecule has 0 bridgehead atoms. The van der Waals surface area contributed by atoms with Gasteiger partial charge in [-0.2, -0.15) is 0 Å². The molecule has 128 valence electrons. The van der Waals surface area contributed by atoms with E-state index in [9.17, 15) is 0 Å². The number of benzene rings is 2. The first-order chi connectivity index (χ1) is 12.0. The monoisotopic (exact) mass is 349 g/mol. The van der Waals surface area contributed by atoms with Gasteiger partial charge in [0, 0.05) is 18.0 Å². The van der Waals surface area contributed by atoms with Crippen molar-refractivity contribution in [3.8, 4) is 5.75 Å². The van der Waals surface area contributed by atoms with E-state index in [1.165, 1.54) is 5.56 Å². The number of nitrogens with zero attached hydrogens (tertiary/aromatic N) is 3. The predicted molar refractivity (Wildman–Crippen MR) is 106 cm³/mol. The van der Waals surface area contributed by atoms with E-state index in [2.05, 4.69) is 49.3 Å². The highest BCUT2D eigenvalue weighted by molar-refractivity contribution is 6.49. The van der Waals surface area contributed by atoms with Crippen molar-refractivity contribution in [1.82, 2.24) is 9.55 Å². The van der Waals surface area contributed by atoms with E-state index in [-0.39, 0.29) is 0 Å². The topological polar surface area (TPSA) is 39.4 Å². The van der Waals surface area contributed by atoms with Crippen molar-refractivity contribution in [3.05, 3.63) is 77.9 Å². The standard InChI is InChI=1S/C20H23N3OSi/c1-15-10-11-18(19(14-15)24-25(3)4)22-20(17-8-6-5-7-9-17)23-13-12-21-16(23)2/h5-14,25H,1-4H3. The van der Waals surface area contributed by atoms with E-state index in [1.807, 2.05) is 42.0 Å². The number of aliphatic imine (C=N–C) groups is 1. The first-order valence-electron chi connectivity index (χ1n) is 8.46. The van der Waals surface area contributed by atoms with Gasteiger partial charge in [-0.3, -0.25) is 4.57 Å². The quantitative estimate of drug-likeness (QED) is 0.395. The zero-order chi connectivity index (χ0) is 17.8. The van der Waals surface area contributed by atoms with Crippen LogP contribution < -0.4 is 4.43 Å². The molecule has 0 N–H and O–H groups in total. The number of aryl methyl sites for hydroxylation is 2. The van der Waals surface area contributed by atoms with Crippen LogP contribution in [0.15, 0.2) is 65.9 Å². The van der Waals surface area contributed by atoms with Crippen LogP contribution in [-0.2, 0) is 0 Å². The van der Waals surface area contributed by atoms with Gasteiger partial charge in [0.1, 0.15) is 23.1 Å². The SMILES string of the molecule is Cc1ccc(N=C(c2ccccc2)n2ccnc2C)c(O[SiH](C)C)c1. The lowest BCUT2D eigenvalue weighted by Gasteiger charge is -2.15. The molecule has 4 nitrogen and oxygen atoms in total. The molecule has 0 saturated carbocycles. The molecule has 25 heavy (non-hydrogen) atoms. The van der Waals surface area contributed by atoms with Crippen LogP contribution in [0.4, 0.5) is 5.69 Å². The molecule has 0 aliphatic heterocycles. The van der Waals surface area contributed by atoms with Gasteiger partial charge in [-0.25, -0.2) is 9.98 Å². The van der Waals surface area contributed by atoms with Crippen molar-refractivity contribution < 1.29 is 4.43 Å². The third-order valence-electron chi connectivity index (χ3n) is 3.79. The maximum atomic E-state index is 6.12. The summed E-state index contributed by atoms with van der Waals surface area (Å²) in [6.45, 7) is 8.37. The summed E-state index contributed by atoms with van der Waals surface area (Å²) in [4.78, 5) is 9.31. The largest absolute Gasteiger partial charge is 0.546 e. The van der Waals surface area contributed by atoms with Crippen LogP contribution in [0.2, 0.25) is 13.1 Å². The molecule has 3 rings (SSSR count). The van der Waals surface area contributed by atoms with Gasteiger partial charge in [-0.1, -0.05) is 36.4 Å². The fourth-order valence-corrected chi connectivity index (χ4v) is 3.32. The molecule has 3 aromatic rings. The lowest BCUT2D eigenvalue weighted by atomic mass is 10.2. The minimum atomic E-state index is -1.22. The minimum Gasteiger partial charge on any atom is -0.546 e. The molecule has 0 amide bonds. The Kier molecular flexibility index (Phi) is 5.14. The smallest absolute Gasteiger partial charge is 0.229 e. The van der Waals surface area contributed by atoms with E-state index in [1.54, 1.807) is 6.20 Å². The molecule has 0 spiro atoms. The summed E-state index contributed by atoms with van der Waals surface area (Å²) in [5.41, 5.74) is 3.05. The van der Waals surface area contributed by atoms with Crippen LogP contribution in [-0.4, -0.2) is 24.4 Å². The first kappa shape index (κ1) is 17.2. The minimum absolute atomic E-state index is 0.842. The van der Waals surface area contributed by atoms with Crippen molar-refractivity contribution in [3.63, 3.8) is 0 Å². The van der Waals surface area contributed by atoms with Gasteiger partial charge >= 0.3 is 0 Å². The lowest BCUT2D eigenvalue weighted by Crippen LogP contribution is -2.15. The fraction of sp³-hybridized carbons (Fsp3) is 0.200. The summed E-state index contributed by atoms with van der Waals surface area (Å²) in [6, 6.07) is 16.3. The molecule has 5 heteroatoms. The summed E-state index contributed by atoms with van der Waals surface area (Å²) in [5, 5.41) is 0. The summed E-state index contributed by atoms with van der Waals surface area (Å²) in [5.74, 6) is 2.60. The van der Waals surface area contributed by atoms with Crippen LogP contribution in [0.1, 0.15) is 17.0 Å². The van der Waals surface area contributed by atoms with Crippen LogP contribution >= 0.6 is 0 Å². The van der Waals surface area contributed by atoms with Gasteiger partial charge in [0.05, 0.1) is 0 Å². The van der Waals surface area contributed by atoms with Crippen molar-refractivity contribution >= 4 is 20.6 Å². The first-order valence-corrected chi connectivity index (χ1v) is 11.2. The molecule has 0 aliphatic carbocycles. The van der Waals surface area contributed by atoms with Crippen LogP contribution in [0.5, 0.6) is 5.75 Å². The van der Waals surface area contributed by atoms with E-state index in [4.69, 9.17) is 9.42 Å². The number of hydrogen-bond donors (Lipinski definition) is 0. The number of imidazole rings is 1. The number of aromatic nitrogens is 2. The molecule has 0 fully saturated rings. The van der Waals surface area contributed by atoms with Gasteiger partial charge in [-0.05, 0) is 44.6 Å². The molecule has 0 unspecified atom stereocenters. The molecule has 0 aliphatic rings. The molecular weight excluding hydrogens is 326 g/mol. The third-order valence-corrected chi connectivity index (χ3v) is 4.52. The Balaban J connectivity index is 2.16. The molecule has 0 saturated heterocycles. The van der Waals surface area contributed by atoms with E-state index in [0.29, 0.717) is 0 Å². The highest BCUT2D eigenvalue weighted by Crippen LogP contribution is 2.30. The second-order valence-electron chi connectivity index (χ2n) is 6.28. The summed E-state index contributed by atoms with van der Waals surface area (Å²) >= 11 is 0. The highest BCUT2D eigenvalue weighted by Gasteiger charge is 2.12. The van der Waals surface area contributed by atoms with Crippen LogP contribution in [0.3, 0.4) is 0 Å². The van der Waals surface area contributed by atoms with Gasteiger partial charge in [-0.15, -0.1) is 0 Å². The molecule has 1 heterocycles. The highest BCUT2D eigenvalue weighted by atomic mass is 28.3. The second-order valence-corrected chi connectivity index (χ2v) is 8.62. The van der Waals surface area contributed by atoms with Gasteiger partial charge in [0.15, 0.2) is 0 Å². The van der Waals surface area contributed by atoms with Gasteiger partial charge in [0.2, 0.25) is 9.04 Å². The zero-order valence-corrected chi connectivity index (χ0v) is 16.3. The maximum absolute atomic E-state index is 6.12. The van der Waals surface area contributed by atoms with Crippen LogP contribution in [0.25, 0.3) is 0 Å². The van der Waals surface area contributed by atoms with E-state index >= 15 is 0 Å². The third kappa shape index (κ3) is 4.06. The average molecular weight is 350 g/mol. The second kappa shape index (κ2) is 7.48. The molecule has 0 atom stereocenters. The average Bonchev–Trinajstić information content (AvgIpc) is 3.00. The molecular formula is C20H23N3OSi. The molecule has 0 radical (unpaired) electrons. The van der Waals surface area contributed by atoms with Crippen molar-refractivity contribution in [2.75, 3.05) is 0 Å². The Morgan fingerprint density at radius 3 is 2.48 bits per heavy atom. The Bertz CT molecular complexity index is 885. The normalized spacial score (nSPS) is 11.8. The van der Waals surface area contributed by atoms with Crippen molar-refractivity contribution in [1.29, 1.82) is 0 Å². The van der Waals surface area contributed by atoms with Crippen molar-refractivity contribution in [2.45, 2.75) is 26.9 Å². The molecule has 2 aromatic carbocycles. The Morgan fingerprint density at radius 1 is 1.08 bits per heavy atom. The maximum Gasteiger partial charge on any atom is 0.229 e. The van der Waals surface area contributed by atoms with Crippen LogP contribution in [0, 0.1) is 13.8 Å². The fourth-order valence-electron chi connectivity index (χ4n) is 2.62.